The van der Waals surface area contributed by atoms with E-state index >= 15 is 0 Å². The smallest absolute Gasteiger partial charge is 0.268 e. The van der Waals surface area contributed by atoms with Gasteiger partial charge in [-0.3, -0.25) is 14.5 Å². The average molecular weight is 406 g/mol. The Kier molecular flexibility index (Phi) is 4.70. The highest BCUT2D eigenvalue weighted by molar-refractivity contribution is 6.03. The van der Waals surface area contributed by atoms with Crippen LogP contribution in [0.4, 0.5) is 5.69 Å². The Morgan fingerprint density at radius 3 is 2.93 bits per heavy atom. The summed E-state index contributed by atoms with van der Waals surface area (Å²) in [6.45, 7) is 4.97. The second-order valence-corrected chi connectivity index (χ2v) is 8.59. The number of nitrogens with one attached hydrogen (secondary N) is 2. The SMILES string of the molecule is C[C@@H](CCN1CCc2ccccc2C1)NC(=O)c1cnc2c(c1)NC(=O)C1(CC1)O2. The number of nitrogens with zero attached hydrogens (tertiary/aromatic N) is 2. The fourth-order valence-electron chi connectivity index (χ4n) is 4.16. The minimum atomic E-state index is -0.729. The van der Waals surface area contributed by atoms with Gasteiger partial charge < -0.3 is 15.4 Å². The number of hydrogen-bond acceptors (Lipinski definition) is 5. The van der Waals surface area contributed by atoms with Crippen LogP contribution in [0, 0.1) is 0 Å². The topological polar surface area (TPSA) is 83.6 Å². The van der Waals surface area contributed by atoms with Crippen LogP contribution in [0.25, 0.3) is 0 Å². The van der Waals surface area contributed by atoms with Crippen LogP contribution < -0.4 is 15.4 Å². The van der Waals surface area contributed by atoms with Crippen molar-refractivity contribution in [2.45, 2.75) is 50.8 Å². The van der Waals surface area contributed by atoms with Crippen molar-refractivity contribution in [2.75, 3.05) is 18.4 Å². The second-order valence-electron chi connectivity index (χ2n) is 8.59. The molecule has 3 aliphatic rings. The zero-order valence-corrected chi connectivity index (χ0v) is 17.1. The summed E-state index contributed by atoms with van der Waals surface area (Å²) < 4.78 is 5.73. The number of hydrogen-bond donors (Lipinski definition) is 2. The van der Waals surface area contributed by atoms with E-state index in [1.54, 1.807) is 6.07 Å². The molecule has 2 aromatic rings. The van der Waals surface area contributed by atoms with Gasteiger partial charge in [-0.25, -0.2) is 4.98 Å². The van der Waals surface area contributed by atoms with Crippen LogP contribution in [-0.2, 0) is 17.8 Å². The molecule has 2 amide bonds. The Balaban J connectivity index is 1.15. The molecule has 2 N–H and O–H groups in total. The third-order valence-electron chi connectivity index (χ3n) is 6.24. The van der Waals surface area contributed by atoms with Crippen molar-refractivity contribution in [1.29, 1.82) is 0 Å². The Morgan fingerprint density at radius 1 is 1.33 bits per heavy atom. The van der Waals surface area contributed by atoms with Gasteiger partial charge in [-0.05, 0) is 37.0 Å². The molecule has 3 heterocycles. The van der Waals surface area contributed by atoms with E-state index in [1.165, 1.54) is 17.3 Å². The quantitative estimate of drug-likeness (QED) is 0.797. The molecule has 1 atom stereocenters. The number of pyridine rings is 1. The first-order valence-corrected chi connectivity index (χ1v) is 10.6. The lowest BCUT2D eigenvalue weighted by atomic mass is 9.99. The van der Waals surface area contributed by atoms with Crippen LogP contribution in [0.3, 0.4) is 0 Å². The van der Waals surface area contributed by atoms with Crippen molar-refractivity contribution in [2.24, 2.45) is 0 Å². The predicted molar refractivity (Wildman–Crippen MR) is 112 cm³/mol. The molecule has 156 valence electrons. The lowest BCUT2D eigenvalue weighted by Gasteiger charge is -2.29. The molecule has 2 aliphatic heterocycles. The maximum absolute atomic E-state index is 12.7. The molecule has 1 saturated carbocycles. The van der Waals surface area contributed by atoms with E-state index in [-0.39, 0.29) is 17.9 Å². The molecule has 1 spiro atoms. The molecule has 7 heteroatoms. The van der Waals surface area contributed by atoms with E-state index in [1.807, 2.05) is 6.92 Å². The molecule has 1 fully saturated rings. The van der Waals surface area contributed by atoms with E-state index in [4.69, 9.17) is 4.74 Å². The summed E-state index contributed by atoms with van der Waals surface area (Å²) in [7, 11) is 0. The number of amides is 2. The molecular formula is C23H26N4O3. The van der Waals surface area contributed by atoms with E-state index in [9.17, 15) is 9.59 Å². The first-order valence-electron chi connectivity index (χ1n) is 10.6. The molecule has 5 rings (SSSR count). The molecule has 30 heavy (non-hydrogen) atoms. The molecule has 1 aromatic carbocycles. The summed E-state index contributed by atoms with van der Waals surface area (Å²) in [6, 6.07) is 10.3. The number of benzene rings is 1. The van der Waals surface area contributed by atoms with Gasteiger partial charge in [-0.2, -0.15) is 0 Å². The monoisotopic (exact) mass is 406 g/mol. The predicted octanol–water partition coefficient (Wildman–Crippen LogP) is 2.51. The summed E-state index contributed by atoms with van der Waals surface area (Å²) in [5.41, 5.74) is 3.00. The molecule has 1 aliphatic carbocycles. The summed E-state index contributed by atoms with van der Waals surface area (Å²) in [4.78, 5) is 31.5. The standard InChI is InChI=1S/C23H26N4O3/c1-15(6-10-27-11-7-16-4-2-3-5-17(16)14-27)25-20(28)18-12-19-21(24-13-18)30-23(8-9-23)22(29)26-19/h2-5,12-13,15H,6-11,14H2,1H3,(H,25,28)(H,26,29)/t15-/m0/s1. The van der Waals surface area contributed by atoms with Crippen molar-refractivity contribution in [3.8, 4) is 5.88 Å². The van der Waals surface area contributed by atoms with E-state index < -0.39 is 5.60 Å². The van der Waals surface area contributed by atoms with Gasteiger partial charge in [0.15, 0.2) is 5.60 Å². The van der Waals surface area contributed by atoms with E-state index in [2.05, 4.69) is 44.8 Å². The number of fused-ring (bicyclic) bond motifs is 2. The van der Waals surface area contributed by atoms with Gasteiger partial charge in [-0.15, -0.1) is 0 Å². The molecule has 0 radical (unpaired) electrons. The maximum atomic E-state index is 12.7. The number of ether oxygens (including phenoxy) is 1. The molecule has 0 unspecified atom stereocenters. The minimum Gasteiger partial charge on any atom is -0.459 e. The van der Waals surface area contributed by atoms with Gasteiger partial charge in [0.05, 0.1) is 5.56 Å². The maximum Gasteiger partial charge on any atom is 0.268 e. The highest BCUT2D eigenvalue weighted by atomic mass is 16.5. The number of carbonyl (C=O) groups excluding carboxylic acids is 2. The largest absolute Gasteiger partial charge is 0.459 e. The summed E-state index contributed by atoms with van der Waals surface area (Å²) in [5.74, 6) is 0.0515. The average Bonchev–Trinajstić information content (AvgIpc) is 3.53. The van der Waals surface area contributed by atoms with Crippen LogP contribution in [0.1, 0.15) is 47.7 Å². The van der Waals surface area contributed by atoms with Gasteiger partial charge >= 0.3 is 0 Å². The highest BCUT2D eigenvalue weighted by Crippen LogP contribution is 2.45. The Labute approximate surface area is 175 Å². The number of aromatic nitrogens is 1. The Morgan fingerprint density at radius 2 is 2.13 bits per heavy atom. The zero-order chi connectivity index (χ0) is 20.7. The van der Waals surface area contributed by atoms with Crippen molar-refractivity contribution in [3.05, 3.63) is 53.2 Å². The number of carbonyl (C=O) groups is 2. The molecular weight excluding hydrogens is 380 g/mol. The zero-order valence-electron chi connectivity index (χ0n) is 17.1. The molecule has 0 bridgehead atoms. The molecule has 7 nitrogen and oxygen atoms in total. The van der Waals surface area contributed by atoms with Crippen molar-refractivity contribution >= 4 is 17.5 Å². The van der Waals surface area contributed by atoms with Gasteiger partial charge in [0.2, 0.25) is 5.88 Å². The molecule has 0 saturated heterocycles. The third-order valence-corrected chi connectivity index (χ3v) is 6.24. The summed E-state index contributed by atoms with van der Waals surface area (Å²) in [5, 5.41) is 5.87. The van der Waals surface area contributed by atoms with E-state index in [0.717, 1.165) is 32.5 Å². The summed E-state index contributed by atoms with van der Waals surface area (Å²) >= 11 is 0. The highest BCUT2D eigenvalue weighted by Gasteiger charge is 2.55. The van der Waals surface area contributed by atoms with E-state index in [0.29, 0.717) is 30.0 Å². The van der Waals surface area contributed by atoms with Crippen LogP contribution in [-0.4, -0.2) is 46.4 Å². The Bertz CT molecular complexity index is 1000. The van der Waals surface area contributed by atoms with Crippen molar-refractivity contribution in [1.82, 2.24) is 15.2 Å². The van der Waals surface area contributed by atoms with Crippen LogP contribution in [0.5, 0.6) is 5.88 Å². The van der Waals surface area contributed by atoms with Gasteiger partial charge in [0.25, 0.3) is 11.8 Å². The Hall–Kier alpha value is -2.93. The third kappa shape index (κ3) is 3.65. The van der Waals surface area contributed by atoms with Crippen LogP contribution in [0.2, 0.25) is 0 Å². The lowest BCUT2D eigenvalue weighted by Crippen LogP contribution is -2.40. The van der Waals surface area contributed by atoms with Crippen LogP contribution >= 0.6 is 0 Å². The fourth-order valence-corrected chi connectivity index (χ4v) is 4.16. The summed E-state index contributed by atoms with van der Waals surface area (Å²) in [6.07, 6.45) is 4.88. The first kappa shape index (κ1) is 19.1. The second kappa shape index (κ2) is 7.40. The number of anilines is 1. The van der Waals surface area contributed by atoms with Crippen LogP contribution in [0.15, 0.2) is 36.5 Å². The lowest BCUT2D eigenvalue weighted by molar-refractivity contribution is -0.125. The fraction of sp³-hybridized carbons (Fsp3) is 0.435. The number of rotatable bonds is 5. The normalized spacial score (nSPS) is 19.8. The van der Waals surface area contributed by atoms with Gasteiger partial charge in [-0.1, -0.05) is 24.3 Å². The van der Waals surface area contributed by atoms with Gasteiger partial charge in [0, 0.05) is 44.7 Å². The van der Waals surface area contributed by atoms with Crippen molar-refractivity contribution < 1.29 is 14.3 Å². The minimum absolute atomic E-state index is 0.0336. The first-order chi connectivity index (χ1) is 14.5. The van der Waals surface area contributed by atoms with Gasteiger partial charge in [0.1, 0.15) is 5.69 Å². The molecule has 1 aromatic heterocycles. The van der Waals surface area contributed by atoms with Crippen molar-refractivity contribution in [3.63, 3.8) is 0 Å².